The highest BCUT2D eigenvalue weighted by Gasteiger charge is 2.61. The number of nitrogens with zero attached hydrogens (tertiary/aromatic N) is 1. The first-order valence-electron chi connectivity index (χ1n) is 19.1. The lowest BCUT2D eigenvalue weighted by Gasteiger charge is -2.51. The zero-order valence-corrected chi connectivity index (χ0v) is 29.5. The van der Waals surface area contributed by atoms with Crippen LogP contribution >= 0.6 is 0 Å². The number of fused-ring (bicyclic) bond motifs is 2. The summed E-state index contributed by atoms with van der Waals surface area (Å²) in [6, 6.07) is 24.6. The van der Waals surface area contributed by atoms with E-state index in [9.17, 15) is 0 Å². The van der Waals surface area contributed by atoms with E-state index in [2.05, 4.69) is 121 Å². The minimum atomic E-state index is 0.584. The summed E-state index contributed by atoms with van der Waals surface area (Å²) >= 11 is 0. The van der Waals surface area contributed by atoms with Gasteiger partial charge in [-0.25, -0.2) is 0 Å². The van der Waals surface area contributed by atoms with Crippen molar-refractivity contribution in [2.45, 2.75) is 142 Å². The first kappa shape index (κ1) is 32.4. The van der Waals surface area contributed by atoms with Crippen molar-refractivity contribution >= 4 is 6.85 Å². The lowest BCUT2D eigenvalue weighted by atomic mass is 9.32. The van der Waals surface area contributed by atoms with E-state index >= 15 is 0 Å². The molecule has 8 unspecified atom stereocenters. The van der Waals surface area contributed by atoms with E-state index in [1.54, 1.807) is 11.1 Å². The highest BCUT2D eigenvalue weighted by Crippen LogP contribution is 2.66. The van der Waals surface area contributed by atoms with Crippen LogP contribution in [0.15, 0.2) is 60.7 Å². The average Bonchev–Trinajstić information content (AvgIpc) is 3.60. The first-order chi connectivity index (χ1) is 21.2. The van der Waals surface area contributed by atoms with E-state index in [1.165, 1.54) is 51.4 Å². The summed E-state index contributed by atoms with van der Waals surface area (Å²) in [5.41, 5.74) is 3.26. The summed E-state index contributed by atoms with van der Waals surface area (Å²) in [5, 5.41) is 0. The molecule has 0 bridgehead atoms. The molecule has 4 aliphatic rings. The monoisotopic (exact) mass is 594 g/mol. The number of rotatable bonds is 9. The molecule has 0 saturated heterocycles. The minimum Gasteiger partial charge on any atom is -0.337 e. The molecule has 0 amide bonds. The fourth-order valence-electron chi connectivity index (χ4n) is 12.4. The Morgan fingerprint density at radius 2 is 0.909 bits per heavy atom. The molecule has 0 aromatic heterocycles. The maximum atomic E-state index is 3.10. The Morgan fingerprint density at radius 1 is 0.523 bits per heavy atom. The first-order valence-corrected chi connectivity index (χ1v) is 19.1. The van der Waals surface area contributed by atoms with Gasteiger partial charge in [-0.1, -0.05) is 142 Å². The molecule has 44 heavy (non-hydrogen) atoms. The fraction of sp³-hybridized carbons (Fsp3) is 0.714. The smallest absolute Gasteiger partial charge is 0.231 e. The van der Waals surface area contributed by atoms with E-state index in [0.29, 0.717) is 18.9 Å². The predicted molar refractivity (Wildman–Crippen MR) is 191 cm³/mol. The summed E-state index contributed by atoms with van der Waals surface area (Å²) in [7, 11) is 0. The van der Waals surface area contributed by atoms with Gasteiger partial charge in [-0.15, -0.1) is 0 Å². The summed E-state index contributed by atoms with van der Waals surface area (Å²) in [4.78, 5) is 3.10. The largest absolute Gasteiger partial charge is 0.337 e. The molecule has 2 aromatic rings. The lowest BCUT2D eigenvalue weighted by molar-refractivity contribution is 0.207. The van der Waals surface area contributed by atoms with Crippen LogP contribution in [-0.4, -0.2) is 23.7 Å². The molecular formula is C42H64BN. The maximum absolute atomic E-state index is 3.10. The molecule has 0 spiro atoms. The second-order valence-electron chi connectivity index (χ2n) is 17.1. The number of benzene rings is 2. The van der Waals surface area contributed by atoms with Crippen molar-refractivity contribution in [3.8, 4) is 0 Å². The molecule has 2 heteroatoms. The van der Waals surface area contributed by atoms with Gasteiger partial charge in [-0.3, -0.25) is 0 Å². The van der Waals surface area contributed by atoms with Gasteiger partial charge in [-0.2, -0.15) is 0 Å². The molecule has 0 N–H and O–H groups in total. The van der Waals surface area contributed by atoms with Crippen LogP contribution in [0.4, 0.5) is 0 Å². The Kier molecular flexibility index (Phi) is 10.1. The number of hydrogen-bond acceptors (Lipinski definition) is 1. The summed E-state index contributed by atoms with van der Waals surface area (Å²) in [5.74, 6) is 9.75. The van der Waals surface area contributed by atoms with Crippen molar-refractivity contribution in [3.63, 3.8) is 0 Å². The third kappa shape index (κ3) is 6.00. The van der Waals surface area contributed by atoms with Gasteiger partial charge in [0.1, 0.15) is 0 Å². The van der Waals surface area contributed by atoms with Gasteiger partial charge in [0, 0.05) is 0 Å². The van der Waals surface area contributed by atoms with Gasteiger partial charge in [-0.05, 0) is 120 Å². The van der Waals surface area contributed by atoms with Crippen molar-refractivity contribution in [1.82, 2.24) is 4.81 Å². The molecule has 2 aromatic carbocycles. The fourth-order valence-corrected chi connectivity index (χ4v) is 12.4. The quantitative estimate of drug-likeness (QED) is 0.261. The molecule has 0 aliphatic heterocycles. The third-order valence-electron chi connectivity index (χ3n) is 13.8. The molecule has 4 aliphatic carbocycles. The van der Waals surface area contributed by atoms with E-state index in [1.807, 2.05) is 0 Å². The molecule has 0 radical (unpaired) electrons. The summed E-state index contributed by atoms with van der Waals surface area (Å²) in [6.07, 6.45) is 11.4. The topological polar surface area (TPSA) is 3.24 Å². The van der Waals surface area contributed by atoms with Gasteiger partial charge in [0.25, 0.3) is 0 Å². The Bertz CT molecular complexity index is 1080. The zero-order chi connectivity index (χ0) is 31.1. The van der Waals surface area contributed by atoms with Crippen molar-refractivity contribution in [1.29, 1.82) is 0 Å². The van der Waals surface area contributed by atoms with Crippen LogP contribution in [0.3, 0.4) is 0 Å². The van der Waals surface area contributed by atoms with E-state index in [0.717, 1.165) is 70.8 Å². The highest BCUT2D eigenvalue weighted by atomic mass is 15.1. The van der Waals surface area contributed by atoms with Crippen molar-refractivity contribution in [2.24, 2.45) is 47.3 Å². The highest BCUT2D eigenvalue weighted by molar-refractivity contribution is 6.60. The second kappa shape index (κ2) is 13.7. The van der Waals surface area contributed by atoms with Crippen LogP contribution in [0, 0.1) is 47.3 Å². The molecule has 0 heterocycles. The molecule has 1 nitrogen and oxygen atoms in total. The Morgan fingerprint density at radius 3 is 1.25 bits per heavy atom. The number of hydrogen-bond donors (Lipinski definition) is 0. The van der Waals surface area contributed by atoms with Crippen LogP contribution in [0.1, 0.15) is 130 Å². The van der Waals surface area contributed by atoms with E-state index < -0.39 is 0 Å². The Balaban J connectivity index is 1.45. The van der Waals surface area contributed by atoms with Crippen LogP contribution in [0.25, 0.3) is 0 Å². The molecule has 4 fully saturated rings. The van der Waals surface area contributed by atoms with Crippen molar-refractivity contribution < 1.29 is 0 Å². The van der Waals surface area contributed by atoms with E-state index in [-0.39, 0.29) is 0 Å². The maximum Gasteiger partial charge on any atom is 0.231 e. The zero-order valence-electron chi connectivity index (χ0n) is 29.5. The van der Waals surface area contributed by atoms with Crippen molar-refractivity contribution in [2.75, 3.05) is 0 Å². The van der Waals surface area contributed by atoms with Crippen LogP contribution in [0.5, 0.6) is 0 Å². The van der Waals surface area contributed by atoms with Gasteiger partial charge in [0.05, 0.1) is 0 Å². The van der Waals surface area contributed by atoms with Gasteiger partial charge >= 0.3 is 0 Å². The lowest BCUT2D eigenvalue weighted by Crippen LogP contribution is -2.57. The van der Waals surface area contributed by atoms with Crippen LogP contribution < -0.4 is 0 Å². The third-order valence-corrected chi connectivity index (χ3v) is 13.8. The predicted octanol–water partition coefficient (Wildman–Crippen LogP) is 11.6. The molecule has 6 rings (SSSR count). The SMILES string of the molecule is CC(C)[C@H]1CC2C(c3ccccc3)CCCC2C1B(C1C2CCCC(c3ccccc3)C2C[C@H]1C(C)C)N(C(C)C)C(C)C. The molecule has 10 atom stereocenters. The normalized spacial score (nSPS) is 35.6. The molecule has 4 saturated carbocycles. The van der Waals surface area contributed by atoms with E-state index in [4.69, 9.17) is 0 Å². The summed E-state index contributed by atoms with van der Waals surface area (Å²) in [6.45, 7) is 21.2. The minimum absolute atomic E-state index is 0.584. The Labute approximate surface area is 272 Å². The van der Waals surface area contributed by atoms with Crippen LogP contribution in [0.2, 0.25) is 11.6 Å². The summed E-state index contributed by atoms with van der Waals surface area (Å²) < 4.78 is 0. The van der Waals surface area contributed by atoms with Crippen molar-refractivity contribution in [3.05, 3.63) is 71.8 Å². The molecule has 240 valence electrons. The van der Waals surface area contributed by atoms with Crippen LogP contribution in [-0.2, 0) is 0 Å². The van der Waals surface area contributed by atoms with Gasteiger partial charge in [0.15, 0.2) is 0 Å². The van der Waals surface area contributed by atoms with Gasteiger partial charge in [0.2, 0.25) is 6.85 Å². The Hall–Kier alpha value is -1.54. The average molecular weight is 594 g/mol. The van der Waals surface area contributed by atoms with Gasteiger partial charge < -0.3 is 4.81 Å². The second-order valence-corrected chi connectivity index (χ2v) is 17.1. The molecular weight excluding hydrogens is 529 g/mol. The standard InChI is InChI=1S/C42H64BN/c1-27(2)37-25-39-33(31-17-11-9-12-18-31)21-15-23-35(39)41(37)43(44(29(5)6)30(7)8)42-36-24-16-22-34(32-19-13-10-14-20-32)40(36)26-38(42)28(3)4/h9-14,17-20,27-30,33-42H,15-16,21-26H2,1-8H3/t33?,34?,35?,36?,37-,38+,39?,40?,41?,42?.